The first kappa shape index (κ1) is 77.1. The number of nitrogens with two attached hydrogens (primary N) is 2. The zero-order valence-corrected chi connectivity index (χ0v) is 56.1. The highest BCUT2D eigenvalue weighted by atomic mass is 32.5. The second kappa shape index (κ2) is 34.8. The average Bonchev–Trinajstić information content (AvgIpc) is 1.61. The van der Waals surface area contributed by atoms with Gasteiger partial charge in [0.15, 0.2) is 47.0 Å². The van der Waals surface area contributed by atoms with Crippen LogP contribution in [0, 0.1) is 35.0 Å². The Morgan fingerprint density at radius 1 is 0.804 bits per heavy atom. The number of alkyl halides is 2. The minimum absolute atomic E-state index is 0.00487. The zero-order chi connectivity index (χ0) is 73.7. The van der Waals surface area contributed by atoms with Crippen LogP contribution in [0.25, 0.3) is 22.3 Å². The van der Waals surface area contributed by atoms with Crippen molar-refractivity contribution in [3.05, 3.63) is 84.2 Å². The quantitative estimate of drug-likeness (QED) is 0.00518. The lowest BCUT2D eigenvalue weighted by atomic mass is 10.0. The minimum Gasteiger partial charge on any atom is -0.447 e. The predicted molar refractivity (Wildman–Crippen MR) is 338 cm³/mol. The summed E-state index contributed by atoms with van der Waals surface area (Å²) in [5, 5.41) is 12.5. The van der Waals surface area contributed by atoms with E-state index in [0.717, 1.165) is 22.1 Å². The van der Waals surface area contributed by atoms with Crippen molar-refractivity contribution in [3.8, 4) is 5.75 Å². The van der Waals surface area contributed by atoms with Crippen LogP contribution >= 0.6 is 15.0 Å². The molecule has 102 heavy (non-hydrogen) atoms. The third kappa shape index (κ3) is 20.0. The minimum atomic E-state index is -4.34. The van der Waals surface area contributed by atoms with Crippen LogP contribution in [-0.4, -0.2) is 191 Å². The molecule has 0 saturated carbocycles. The average molecular weight is 1510 g/mol. The van der Waals surface area contributed by atoms with Crippen molar-refractivity contribution in [1.29, 1.82) is 0 Å². The number of carbonyl (C=O) groups is 7. The number of nitrogens with zero attached hydrogens (tertiary/aromatic N) is 9. The number of ether oxygens (including phenoxy) is 6. The number of esters is 1. The van der Waals surface area contributed by atoms with Gasteiger partial charge in [0.2, 0.25) is 52.6 Å². The molecule has 6 aromatic rings. The van der Waals surface area contributed by atoms with Gasteiger partial charge in [0, 0.05) is 29.6 Å². The van der Waals surface area contributed by atoms with E-state index >= 15 is 4.39 Å². The summed E-state index contributed by atoms with van der Waals surface area (Å²) < 4.78 is 164. The Balaban J connectivity index is 0.727. The van der Waals surface area contributed by atoms with Gasteiger partial charge in [-0.2, -0.15) is 8.78 Å². The van der Waals surface area contributed by atoms with Gasteiger partial charge in [-0.05, 0) is 61.1 Å². The molecule has 45 heteroatoms. The van der Waals surface area contributed by atoms with Gasteiger partial charge < -0.3 is 75.5 Å². The second-order valence-corrected chi connectivity index (χ2v) is 26.8. The van der Waals surface area contributed by atoms with Gasteiger partial charge in [-0.25, -0.2) is 66.2 Å². The Kier molecular flexibility index (Phi) is 26.3. The molecule has 3 saturated heterocycles. The maximum atomic E-state index is 16.6. The number of nitrogen functional groups attached to an aromatic ring is 1. The van der Waals surface area contributed by atoms with Crippen LogP contribution < -0.4 is 42.8 Å². The normalized spacial score (nSPS) is 20.5. The van der Waals surface area contributed by atoms with E-state index in [1.807, 2.05) is 0 Å². The van der Waals surface area contributed by atoms with E-state index in [-0.39, 0.29) is 74.1 Å². The first-order valence-corrected chi connectivity index (χ1v) is 34.6. The number of aromatic nitrogens is 8. The third-order valence-electron chi connectivity index (χ3n) is 15.6. The summed E-state index contributed by atoms with van der Waals surface area (Å²) in [6.45, 7) is -4.38. The van der Waals surface area contributed by atoms with Gasteiger partial charge in [0.25, 0.3) is 0 Å². The Morgan fingerprint density at radius 2 is 1.48 bits per heavy atom. The first-order chi connectivity index (χ1) is 48.5. The van der Waals surface area contributed by atoms with Crippen LogP contribution in [0.1, 0.15) is 76.8 Å². The number of likely N-dealkylation sites (tertiary alicyclic amines) is 1. The number of imidazole rings is 2. The first-order valence-electron chi connectivity index (χ1n) is 30.9. The molecule has 11 atom stereocenters. The maximum absolute atomic E-state index is 16.6. The molecule has 3 aliphatic rings. The van der Waals surface area contributed by atoms with E-state index in [0.29, 0.717) is 29.6 Å². The molecular weight excluding hydrogens is 1440 g/mol. The van der Waals surface area contributed by atoms with Crippen LogP contribution in [0.2, 0.25) is 0 Å². The topological polar surface area (TPSA) is 463 Å². The van der Waals surface area contributed by atoms with Gasteiger partial charge >= 0.3 is 39.2 Å². The van der Waals surface area contributed by atoms with Crippen LogP contribution in [0.15, 0.2) is 49.6 Å². The number of rotatable bonds is 32. The zero-order valence-electron chi connectivity index (χ0n) is 53.5. The largest absolute Gasteiger partial charge is 0.697 e. The molecule has 11 N–H and O–H groups in total. The molecular formula is C57H66F7N16O19P2S+. The van der Waals surface area contributed by atoms with E-state index in [4.69, 9.17) is 48.7 Å². The molecule has 0 spiro atoms. The Bertz CT molecular complexity index is 4090. The number of carbonyl (C=O) groups excluding carboxylic acids is 7. The molecule has 9 rings (SSSR count). The Morgan fingerprint density at radius 3 is 2.19 bits per heavy atom. The van der Waals surface area contributed by atoms with Gasteiger partial charge in [-0.1, -0.05) is 26.0 Å². The maximum Gasteiger partial charge on any atom is 0.697 e. The van der Waals surface area contributed by atoms with E-state index in [1.54, 1.807) is 18.4 Å². The summed E-state index contributed by atoms with van der Waals surface area (Å²) in [6, 6.07) is 1.46. The summed E-state index contributed by atoms with van der Waals surface area (Å²) >= 11 is 4.57. The van der Waals surface area contributed by atoms with Crippen molar-refractivity contribution in [3.63, 3.8) is 0 Å². The number of benzene rings is 2. The van der Waals surface area contributed by atoms with Gasteiger partial charge in [-0.15, -0.1) is 9.05 Å². The molecule has 3 fully saturated rings. The summed E-state index contributed by atoms with van der Waals surface area (Å²) in [5.74, 6) is -18.0. The highest BCUT2D eigenvalue weighted by Crippen LogP contribution is 2.44. The number of urea groups is 1. The van der Waals surface area contributed by atoms with E-state index in [9.17, 15) is 74.3 Å². The molecule has 4 aromatic heterocycles. The van der Waals surface area contributed by atoms with E-state index in [2.05, 4.69) is 73.0 Å². The number of nitrogens with one attached hydrogen (secondary N) is 5. The Hall–Kier alpha value is -9.03. The summed E-state index contributed by atoms with van der Waals surface area (Å²) in [6.07, 6.45) is -7.42. The molecule has 0 aliphatic carbocycles. The number of primary amides is 1. The van der Waals surface area contributed by atoms with Crippen molar-refractivity contribution < 1.29 is 121 Å². The van der Waals surface area contributed by atoms with Gasteiger partial charge in [-0.3, -0.25) is 38.5 Å². The lowest BCUT2D eigenvalue weighted by Gasteiger charge is -2.25. The molecule has 2 aromatic carbocycles. The van der Waals surface area contributed by atoms with Crippen LogP contribution in [0.4, 0.5) is 62.4 Å². The fourth-order valence-electron chi connectivity index (χ4n) is 10.6. The third-order valence-corrected chi connectivity index (χ3v) is 17.2. The standard InChI is InChI=1S/C57H65F7N16O19P2S/c1-26(2)43(76-34(81)11-14-91-15-12-36(82)98-47-40(62)38(60)37(59)39(61)41(47)63)53(84)75-32(4-3-13-67-55(66)85)52(83)74-29-7-5-27(6-8-29)18-93-57(87)78-17-28(58)16-30(78)19-92-56(86)77-49-45-51(71-23-69-49)80(25-73-45)54-42(64)46(33(97-54)21-95-101(89,90)102)99-100(88)94-20-31-9-10-35(96-31)79-24-72-44-48(65)68-22-70-50(44)79/h5-8,22-26,28,30-33,35,42-43,46,54H,3-4,9-21H2,1-2H3,(H10-,65,66,67,68,69,70,71,74,75,76,77,81,83,84,85,86,89,90,102)/p+1/t28-,30-,31-,32-,33+,35+,42+,43-,46+,54+/m0/s1. The summed E-state index contributed by atoms with van der Waals surface area (Å²) in [7, 11) is -3.09. The monoisotopic (exact) mass is 1510 g/mol. The molecule has 1 unspecified atom stereocenters. The number of anilines is 3. The molecule has 3 aliphatic heterocycles. The van der Waals surface area contributed by atoms with E-state index in [1.165, 1.54) is 36.9 Å². The smallest absolute Gasteiger partial charge is 0.447 e. The van der Waals surface area contributed by atoms with E-state index < -0.39 is 198 Å². The molecule has 7 heterocycles. The number of amides is 7. The number of halogens is 7. The lowest BCUT2D eigenvalue weighted by Crippen LogP contribution is -2.54. The lowest BCUT2D eigenvalue weighted by molar-refractivity contribution is -0.136. The molecule has 0 radical (unpaired) electrons. The molecule has 35 nitrogen and oxygen atoms in total. The van der Waals surface area contributed by atoms with Crippen molar-refractivity contribution in [1.82, 2.24) is 59.9 Å². The van der Waals surface area contributed by atoms with Crippen molar-refractivity contribution in [2.24, 2.45) is 11.7 Å². The fourth-order valence-corrected chi connectivity index (χ4v) is 11.9. The highest BCUT2D eigenvalue weighted by Gasteiger charge is 2.53. The summed E-state index contributed by atoms with van der Waals surface area (Å²) in [5.41, 5.74) is 12.2. The van der Waals surface area contributed by atoms with Crippen molar-refractivity contribution >= 4 is 108 Å². The van der Waals surface area contributed by atoms with Crippen LogP contribution in [-0.2, 0) is 79.4 Å². The number of hydrogen-bond donors (Lipinski definition) is 9. The number of hydrogen-bond acceptors (Lipinski definition) is 25. The van der Waals surface area contributed by atoms with Crippen molar-refractivity contribution in [2.75, 3.05) is 62.5 Å². The van der Waals surface area contributed by atoms with Crippen LogP contribution in [0.5, 0.6) is 5.75 Å². The summed E-state index contributed by atoms with van der Waals surface area (Å²) in [4.78, 5) is 136. The second-order valence-electron chi connectivity index (χ2n) is 23.2. The van der Waals surface area contributed by atoms with Gasteiger partial charge in [0.05, 0.1) is 57.6 Å². The number of fused-ring (bicyclic) bond motifs is 2. The molecule has 0 bridgehead atoms. The highest BCUT2D eigenvalue weighted by molar-refractivity contribution is 8.06. The van der Waals surface area contributed by atoms with Crippen LogP contribution in [0.3, 0.4) is 0 Å². The SMILES string of the molecule is CC(C)[C@H](NC(=O)CCOCCC(=O)Oc1c(F)c(F)c(F)c(F)c1F)C(=O)N[C@@H](CCCNC(N)=O)C(=O)Nc1ccc(COC(=O)N2C[C@@H](F)C[C@H]2COC(=O)Nc2ncnc3c2ncn3[C@@H]2O[C@H](COP(O)(O)=S)[C@@H](O[P+](=O)OC[C@@H]3CC[C@H](n4cnc5c(N)ncnc54)O3)[C@H]2F)cc1. The predicted octanol–water partition coefficient (Wildman–Crippen LogP) is 4.85. The van der Waals surface area contributed by atoms with Crippen molar-refractivity contribution in [2.45, 2.75) is 127 Å². The molecule has 7 amide bonds. The van der Waals surface area contributed by atoms with Gasteiger partial charge in [0.1, 0.15) is 68.6 Å². The Labute approximate surface area is 577 Å². The molecule has 552 valence electrons. The fraction of sp³-hybridized carbons (Fsp3) is 0.491.